The van der Waals surface area contributed by atoms with Crippen LogP contribution in [-0.2, 0) is 27.5 Å². The van der Waals surface area contributed by atoms with E-state index in [4.69, 9.17) is 30.8 Å². The molecule has 0 saturated carbocycles. The van der Waals surface area contributed by atoms with Gasteiger partial charge in [-0.3, -0.25) is 14.5 Å². The Bertz CT molecular complexity index is 1710. The topological polar surface area (TPSA) is 106 Å². The van der Waals surface area contributed by atoms with Crippen molar-refractivity contribution in [3.8, 4) is 22.8 Å². The quantitative estimate of drug-likeness (QED) is 0.0975. The second-order valence-electron chi connectivity index (χ2n) is 10.9. The number of nitrogens with zero attached hydrogens (tertiary/aromatic N) is 6. The molecular weight excluding hydrogens is 560 g/mol. The second-order valence-corrected chi connectivity index (χ2v) is 16.9. The molecule has 0 radical (unpaired) electrons. The number of aryl methyl sites for hydroxylation is 1. The summed E-state index contributed by atoms with van der Waals surface area (Å²) in [4.78, 5) is 25.7. The van der Waals surface area contributed by atoms with Gasteiger partial charge in [0.25, 0.3) is 0 Å². The molecular formula is C29H33ClN6O4Si. The zero-order valence-corrected chi connectivity index (χ0v) is 25.6. The van der Waals surface area contributed by atoms with Gasteiger partial charge in [-0.1, -0.05) is 31.2 Å². The largest absolute Gasteiger partial charge is 0.465 e. The fourth-order valence-electron chi connectivity index (χ4n) is 4.28. The summed E-state index contributed by atoms with van der Waals surface area (Å²) in [5, 5.41) is 4.58. The zero-order valence-electron chi connectivity index (χ0n) is 23.8. The third-order valence-electron chi connectivity index (χ3n) is 6.50. The third kappa shape index (κ3) is 6.75. The minimum absolute atomic E-state index is 0.0148. The Hall–Kier alpha value is -3.80. The van der Waals surface area contributed by atoms with Crippen LogP contribution in [-0.4, -0.2) is 56.6 Å². The van der Waals surface area contributed by atoms with E-state index in [9.17, 15) is 4.79 Å². The summed E-state index contributed by atoms with van der Waals surface area (Å²) in [7, 11) is -1.17. The van der Waals surface area contributed by atoms with Crippen molar-refractivity contribution in [3.05, 3.63) is 59.8 Å². The summed E-state index contributed by atoms with van der Waals surface area (Å²) in [6.07, 6.45) is 4.99. The summed E-state index contributed by atoms with van der Waals surface area (Å²) >= 11 is 6.79. The highest BCUT2D eigenvalue weighted by Crippen LogP contribution is 2.36. The molecule has 0 aliphatic heterocycles. The van der Waals surface area contributed by atoms with Crippen LogP contribution in [0.2, 0.25) is 30.7 Å². The Balaban J connectivity index is 1.37. The SMILES string of the molecule is CCOC(=O)Cn1cc(-c2cnc3ccc(Oc4ccc5nc(C)n(COCC[Si](C)(C)C)c5c4)c(Cl)c3n2)cn1. The Morgan fingerprint density at radius 3 is 2.66 bits per heavy atom. The maximum absolute atomic E-state index is 11.8. The molecule has 3 heterocycles. The van der Waals surface area contributed by atoms with E-state index in [0.29, 0.717) is 52.2 Å². The first-order valence-corrected chi connectivity index (χ1v) is 17.6. The predicted molar refractivity (Wildman–Crippen MR) is 161 cm³/mol. The average Bonchev–Trinajstić information content (AvgIpc) is 3.51. The van der Waals surface area contributed by atoms with E-state index in [1.165, 1.54) is 4.68 Å². The number of esters is 1. The molecule has 0 atom stereocenters. The minimum Gasteiger partial charge on any atom is -0.465 e. The van der Waals surface area contributed by atoms with E-state index in [0.717, 1.165) is 29.5 Å². The van der Waals surface area contributed by atoms with Crippen LogP contribution >= 0.6 is 11.6 Å². The number of carbonyl (C=O) groups is 1. The predicted octanol–water partition coefficient (Wildman–Crippen LogP) is 6.47. The lowest BCUT2D eigenvalue weighted by Crippen LogP contribution is -2.22. The lowest BCUT2D eigenvalue weighted by molar-refractivity contribution is -0.144. The molecule has 214 valence electrons. The number of benzene rings is 2. The van der Waals surface area contributed by atoms with Crippen LogP contribution in [0, 0.1) is 6.92 Å². The molecule has 12 heteroatoms. The number of imidazole rings is 1. The van der Waals surface area contributed by atoms with Gasteiger partial charge in [-0.2, -0.15) is 5.10 Å². The highest BCUT2D eigenvalue weighted by atomic mass is 35.5. The Labute approximate surface area is 244 Å². The maximum atomic E-state index is 11.8. The lowest BCUT2D eigenvalue weighted by Gasteiger charge is -2.16. The van der Waals surface area contributed by atoms with Crippen LogP contribution in [0.1, 0.15) is 12.7 Å². The van der Waals surface area contributed by atoms with Crippen molar-refractivity contribution in [3.63, 3.8) is 0 Å². The van der Waals surface area contributed by atoms with E-state index >= 15 is 0 Å². The molecule has 2 aromatic carbocycles. The Morgan fingerprint density at radius 2 is 1.88 bits per heavy atom. The fraction of sp³-hybridized carbons (Fsp3) is 0.345. The molecule has 0 saturated heterocycles. The van der Waals surface area contributed by atoms with Crippen LogP contribution < -0.4 is 4.74 Å². The van der Waals surface area contributed by atoms with E-state index in [2.05, 4.69) is 34.7 Å². The molecule has 5 rings (SSSR count). The van der Waals surface area contributed by atoms with Crippen molar-refractivity contribution in [1.82, 2.24) is 29.3 Å². The normalized spacial score (nSPS) is 11.9. The zero-order chi connectivity index (χ0) is 29.1. The number of halogens is 1. The summed E-state index contributed by atoms with van der Waals surface area (Å²) in [6, 6.07) is 10.4. The van der Waals surface area contributed by atoms with Gasteiger partial charge in [-0.05, 0) is 44.2 Å². The van der Waals surface area contributed by atoms with Crippen molar-refractivity contribution in [2.75, 3.05) is 13.2 Å². The van der Waals surface area contributed by atoms with Crippen LogP contribution in [0.15, 0.2) is 48.9 Å². The molecule has 0 bridgehead atoms. The Kier molecular flexibility index (Phi) is 8.39. The molecule has 0 unspecified atom stereocenters. The van der Waals surface area contributed by atoms with Gasteiger partial charge in [0.05, 0.1) is 41.2 Å². The highest BCUT2D eigenvalue weighted by molar-refractivity contribution is 6.76. The van der Waals surface area contributed by atoms with Gasteiger partial charge in [-0.25, -0.2) is 9.97 Å². The molecule has 3 aromatic heterocycles. The van der Waals surface area contributed by atoms with Gasteiger partial charge in [0.15, 0.2) is 0 Å². The van der Waals surface area contributed by atoms with Crippen molar-refractivity contribution in [2.45, 2.75) is 52.8 Å². The van der Waals surface area contributed by atoms with Gasteiger partial charge in [0.1, 0.15) is 41.1 Å². The lowest BCUT2D eigenvalue weighted by atomic mass is 10.2. The van der Waals surface area contributed by atoms with E-state index < -0.39 is 8.07 Å². The third-order valence-corrected chi connectivity index (χ3v) is 8.57. The standard InChI is InChI=1S/C29H33ClN6O4Si/c1-6-39-27(37)17-35-16-20(14-32-35)24-15-31-23-9-10-26(28(30)29(23)34-24)40-21-7-8-22-25(13-21)36(19(2)33-22)18-38-11-12-41(3,4)5/h7-10,13-16H,6,11-12,17-18H2,1-5H3. The molecule has 0 fully saturated rings. The molecule has 0 spiro atoms. The van der Waals surface area contributed by atoms with E-state index in [1.54, 1.807) is 31.6 Å². The number of hydrogen-bond acceptors (Lipinski definition) is 8. The van der Waals surface area contributed by atoms with Gasteiger partial charge in [0.2, 0.25) is 0 Å². The van der Waals surface area contributed by atoms with E-state index in [1.807, 2.05) is 35.8 Å². The first-order chi connectivity index (χ1) is 19.6. The monoisotopic (exact) mass is 592 g/mol. The number of aromatic nitrogens is 6. The van der Waals surface area contributed by atoms with Gasteiger partial charge in [-0.15, -0.1) is 0 Å². The number of hydrogen-bond donors (Lipinski definition) is 0. The fourth-order valence-corrected chi connectivity index (χ4v) is 5.27. The summed E-state index contributed by atoms with van der Waals surface area (Å²) in [6.45, 7) is 12.2. The van der Waals surface area contributed by atoms with Gasteiger partial charge >= 0.3 is 5.97 Å². The van der Waals surface area contributed by atoms with Crippen molar-refractivity contribution in [2.24, 2.45) is 0 Å². The van der Waals surface area contributed by atoms with Crippen molar-refractivity contribution in [1.29, 1.82) is 0 Å². The van der Waals surface area contributed by atoms with Gasteiger partial charge in [0, 0.05) is 32.5 Å². The average molecular weight is 593 g/mol. The summed E-state index contributed by atoms with van der Waals surface area (Å²) in [5.74, 6) is 1.59. The highest BCUT2D eigenvalue weighted by Gasteiger charge is 2.16. The first-order valence-electron chi connectivity index (χ1n) is 13.5. The van der Waals surface area contributed by atoms with Crippen molar-refractivity contribution < 1.29 is 19.0 Å². The maximum Gasteiger partial charge on any atom is 0.327 e. The van der Waals surface area contributed by atoms with Gasteiger partial charge < -0.3 is 18.8 Å². The van der Waals surface area contributed by atoms with Crippen LogP contribution in [0.5, 0.6) is 11.5 Å². The first kappa shape index (κ1) is 28.7. The molecule has 0 amide bonds. The summed E-state index contributed by atoms with van der Waals surface area (Å²) in [5.41, 5.74) is 4.19. The minimum atomic E-state index is -1.17. The number of rotatable bonds is 11. The number of ether oxygens (including phenoxy) is 3. The van der Waals surface area contributed by atoms with Crippen LogP contribution in [0.25, 0.3) is 33.3 Å². The second kappa shape index (κ2) is 12.0. The van der Waals surface area contributed by atoms with Crippen LogP contribution in [0.3, 0.4) is 0 Å². The number of fused-ring (bicyclic) bond motifs is 2. The summed E-state index contributed by atoms with van der Waals surface area (Å²) < 4.78 is 20.8. The molecule has 0 aliphatic carbocycles. The molecule has 10 nitrogen and oxygen atoms in total. The molecule has 41 heavy (non-hydrogen) atoms. The molecule has 0 N–H and O–H groups in total. The molecule has 0 aliphatic rings. The Morgan fingerprint density at radius 1 is 1.07 bits per heavy atom. The number of carbonyl (C=O) groups excluding carboxylic acids is 1. The van der Waals surface area contributed by atoms with E-state index in [-0.39, 0.29) is 12.5 Å². The van der Waals surface area contributed by atoms with Crippen LogP contribution in [0.4, 0.5) is 0 Å². The smallest absolute Gasteiger partial charge is 0.327 e. The van der Waals surface area contributed by atoms with Crippen molar-refractivity contribution >= 4 is 47.7 Å². The molecule has 5 aromatic rings.